The third kappa shape index (κ3) is 5.32. The van der Waals surface area contributed by atoms with Crippen LogP contribution in [0.3, 0.4) is 0 Å². The summed E-state index contributed by atoms with van der Waals surface area (Å²) in [4.78, 5) is 32.4. The summed E-state index contributed by atoms with van der Waals surface area (Å²) in [6.45, 7) is 1.65. The van der Waals surface area contributed by atoms with Gasteiger partial charge >= 0.3 is 5.97 Å². The molecule has 0 fully saturated rings. The lowest BCUT2D eigenvalue weighted by atomic mass is 10.1. The number of hydrogen-bond acceptors (Lipinski definition) is 8. The molecule has 0 aliphatic carbocycles. The van der Waals surface area contributed by atoms with E-state index in [2.05, 4.69) is 20.4 Å². The zero-order valence-corrected chi connectivity index (χ0v) is 19.3. The van der Waals surface area contributed by atoms with Crippen molar-refractivity contribution in [3.63, 3.8) is 0 Å². The van der Waals surface area contributed by atoms with Gasteiger partial charge in [0, 0.05) is 24.3 Å². The molecule has 1 N–H and O–H groups in total. The Balaban J connectivity index is 1.51. The van der Waals surface area contributed by atoms with Crippen molar-refractivity contribution in [1.82, 2.24) is 25.1 Å². The second-order valence-electron chi connectivity index (χ2n) is 7.40. The van der Waals surface area contributed by atoms with Crippen LogP contribution in [0, 0.1) is 5.82 Å². The Hall–Kier alpha value is -4.19. The van der Waals surface area contributed by atoms with Crippen LogP contribution in [-0.2, 0) is 25.9 Å². The lowest BCUT2D eigenvalue weighted by molar-refractivity contribution is -0.139. The Morgan fingerprint density at radius 3 is 2.63 bits per heavy atom. The largest absolute Gasteiger partial charge is 0.465 e. The van der Waals surface area contributed by atoms with Crippen molar-refractivity contribution in [2.24, 2.45) is 0 Å². The third-order valence-electron chi connectivity index (χ3n) is 5.00. The molecule has 0 radical (unpaired) electrons. The SMILES string of the molecule is CCOC(=O)CS(=O)(=O)c1cc(CNC(=O)c2cncc3c2cnn3-c2ccc(F)cc2)ccn1. The molecule has 4 aromatic rings. The van der Waals surface area contributed by atoms with Gasteiger partial charge in [0.2, 0.25) is 9.84 Å². The minimum absolute atomic E-state index is 0.00572. The van der Waals surface area contributed by atoms with Crippen LogP contribution in [0.5, 0.6) is 0 Å². The number of carbonyl (C=O) groups is 2. The lowest BCUT2D eigenvalue weighted by Crippen LogP contribution is -2.24. The number of pyridine rings is 2. The Morgan fingerprint density at radius 2 is 1.89 bits per heavy atom. The Kier molecular flexibility index (Phi) is 6.82. The van der Waals surface area contributed by atoms with E-state index in [0.29, 0.717) is 22.2 Å². The minimum atomic E-state index is -3.99. The molecular weight excluding hydrogens is 477 g/mol. The van der Waals surface area contributed by atoms with Gasteiger partial charge in [0.15, 0.2) is 10.8 Å². The first-order chi connectivity index (χ1) is 16.8. The number of rotatable bonds is 8. The summed E-state index contributed by atoms with van der Waals surface area (Å²) in [6.07, 6.45) is 5.75. The average Bonchev–Trinajstić information content (AvgIpc) is 3.27. The summed E-state index contributed by atoms with van der Waals surface area (Å²) in [5.41, 5.74) is 1.90. The second-order valence-corrected chi connectivity index (χ2v) is 9.34. The molecule has 3 heterocycles. The van der Waals surface area contributed by atoms with Crippen molar-refractivity contribution in [3.05, 3.63) is 78.1 Å². The molecule has 4 rings (SSSR count). The van der Waals surface area contributed by atoms with Crippen LogP contribution < -0.4 is 5.32 Å². The average molecular weight is 498 g/mol. The molecule has 0 spiro atoms. The standard InChI is InChI=1S/C23H20FN5O5S/c1-2-34-22(30)14-35(32,33)21-9-15(7-8-26-21)10-27-23(31)19-11-25-13-20-18(19)12-28-29(20)17-5-3-16(24)4-6-17/h3-9,11-13H,2,10,14H2,1H3,(H,27,31). The van der Waals surface area contributed by atoms with Crippen molar-refractivity contribution >= 4 is 32.6 Å². The van der Waals surface area contributed by atoms with Gasteiger partial charge in [0.25, 0.3) is 5.91 Å². The van der Waals surface area contributed by atoms with Gasteiger partial charge in [0.1, 0.15) is 5.82 Å². The number of hydrogen-bond donors (Lipinski definition) is 1. The van der Waals surface area contributed by atoms with Crippen molar-refractivity contribution in [1.29, 1.82) is 0 Å². The molecule has 0 aliphatic rings. The number of sulfone groups is 1. The normalized spacial score (nSPS) is 11.4. The highest BCUT2D eigenvalue weighted by molar-refractivity contribution is 7.92. The quantitative estimate of drug-likeness (QED) is 0.367. The number of amides is 1. The zero-order chi connectivity index (χ0) is 25.0. The number of halogens is 1. The number of aromatic nitrogens is 4. The predicted octanol–water partition coefficient (Wildman–Crippen LogP) is 2.22. The molecule has 0 bridgehead atoms. The van der Waals surface area contributed by atoms with E-state index in [-0.39, 0.29) is 29.6 Å². The van der Waals surface area contributed by atoms with E-state index in [0.717, 1.165) is 0 Å². The van der Waals surface area contributed by atoms with Crippen LogP contribution in [0.25, 0.3) is 16.6 Å². The molecule has 10 nitrogen and oxygen atoms in total. The Bertz CT molecular complexity index is 1500. The number of esters is 1. The molecule has 35 heavy (non-hydrogen) atoms. The number of nitrogens with zero attached hydrogens (tertiary/aromatic N) is 4. The smallest absolute Gasteiger partial charge is 0.321 e. The Labute approximate surface area is 199 Å². The molecule has 0 atom stereocenters. The van der Waals surface area contributed by atoms with Gasteiger partial charge in [0.05, 0.1) is 35.8 Å². The second kappa shape index (κ2) is 9.97. The number of benzene rings is 1. The molecule has 0 unspecified atom stereocenters. The molecule has 12 heteroatoms. The molecule has 0 saturated carbocycles. The first kappa shape index (κ1) is 24.0. The van der Waals surface area contributed by atoms with E-state index in [9.17, 15) is 22.4 Å². The summed E-state index contributed by atoms with van der Waals surface area (Å²) in [7, 11) is -3.99. The van der Waals surface area contributed by atoms with Crippen LogP contribution in [-0.4, -0.2) is 52.4 Å². The van der Waals surface area contributed by atoms with E-state index in [1.165, 1.54) is 36.8 Å². The number of nitrogens with one attached hydrogen (secondary N) is 1. The fraction of sp³-hybridized carbons (Fsp3) is 0.174. The van der Waals surface area contributed by atoms with Gasteiger partial charge < -0.3 is 10.1 Å². The summed E-state index contributed by atoms with van der Waals surface area (Å²) in [5, 5.41) is 7.26. The van der Waals surface area contributed by atoms with E-state index in [4.69, 9.17) is 4.74 Å². The van der Waals surface area contributed by atoms with E-state index in [1.54, 1.807) is 36.0 Å². The third-order valence-corrected chi connectivity index (χ3v) is 6.47. The first-order valence-electron chi connectivity index (χ1n) is 10.5. The highest BCUT2D eigenvalue weighted by Crippen LogP contribution is 2.21. The summed E-state index contributed by atoms with van der Waals surface area (Å²) in [6, 6.07) is 8.58. The van der Waals surface area contributed by atoms with Crippen LogP contribution in [0.1, 0.15) is 22.8 Å². The number of ether oxygens (including phenoxy) is 1. The fourth-order valence-corrected chi connectivity index (χ4v) is 4.44. The van der Waals surface area contributed by atoms with Gasteiger partial charge in [-0.2, -0.15) is 5.10 Å². The summed E-state index contributed by atoms with van der Waals surface area (Å²) in [5.74, 6) is -2.52. The van der Waals surface area contributed by atoms with Crippen molar-refractivity contribution in [2.45, 2.75) is 18.5 Å². The molecular formula is C23H20FN5O5S. The van der Waals surface area contributed by atoms with Crippen LogP contribution in [0.4, 0.5) is 4.39 Å². The topological polar surface area (TPSA) is 133 Å². The van der Waals surface area contributed by atoms with Crippen molar-refractivity contribution in [2.75, 3.05) is 12.4 Å². The van der Waals surface area contributed by atoms with E-state index >= 15 is 0 Å². The van der Waals surface area contributed by atoms with Gasteiger partial charge in [-0.25, -0.2) is 22.5 Å². The van der Waals surface area contributed by atoms with Crippen molar-refractivity contribution < 1.29 is 27.1 Å². The number of carbonyl (C=O) groups excluding carboxylic acids is 2. The van der Waals surface area contributed by atoms with E-state index < -0.39 is 27.5 Å². The molecule has 1 amide bonds. The molecule has 0 saturated heterocycles. The maximum Gasteiger partial charge on any atom is 0.321 e. The zero-order valence-electron chi connectivity index (χ0n) is 18.5. The van der Waals surface area contributed by atoms with Crippen LogP contribution >= 0.6 is 0 Å². The van der Waals surface area contributed by atoms with Gasteiger partial charge in [-0.3, -0.25) is 14.6 Å². The molecule has 3 aromatic heterocycles. The van der Waals surface area contributed by atoms with Crippen LogP contribution in [0.15, 0.2) is 66.2 Å². The van der Waals surface area contributed by atoms with E-state index in [1.807, 2.05) is 0 Å². The first-order valence-corrected chi connectivity index (χ1v) is 12.1. The Morgan fingerprint density at radius 1 is 1.11 bits per heavy atom. The van der Waals surface area contributed by atoms with Crippen LogP contribution in [0.2, 0.25) is 0 Å². The van der Waals surface area contributed by atoms with Gasteiger partial charge in [-0.1, -0.05) is 0 Å². The molecule has 180 valence electrons. The summed E-state index contributed by atoms with van der Waals surface area (Å²) >= 11 is 0. The molecule has 1 aromatic carbocycles. The summed E-state index contributed by atoms with van der Waals surface area (Å²) < 4.78 is 44.3. The van der Waals surface area contributed by atoms with Gasteiger partial charge in [-0.05, 0) is 48.9 Å². The monoisotopic (exact) mass is 497 g/mol. The number of fused-ring (bicyclic) bond motifs is 1. The maximum absolute atomic E-state index is 13.3. The maximum atomic E-state index is 13.3. The lowest BCUT2D eigenvalue weighted by Gasteiger charge is -2.08. The minimum Gasteiger partial charge on any atom is -0.465 e. The highest BCUT2D eigenvalue weighted by atomic mass is 32.2. The van der Waals surface area contributed by atoms with Gasteiger partial charge in [-0.15, -0.1) is 0 Å². The highest BCUT2D eigenvalue weighted by Gasteiger charge is 2.22. The van der Waals surface area contributed by atoms with Crippen molar-refractivity contribution in [3.8, 4) is 5.69 Å². The molecule has 0 aliphatic heterocycles. The fourth-order valence-electron chi connectivity index (χ4n) is 3.35. The predicted molar refractivity (Wildman–Crippen MR) is 123 cm³/mol.